The number of hydrogen-bond donors (Lipinski definition) is 1. The smallest absolute Gasteiger partial charge is 0.0749 e. The largest absolute Gasteiger partial charge is 0.389 e. The summed E-state index contributed by atoms with van der Waals surface area (Å²) >= 11 is 0. The molecule has 1 saturated carbocycles. The zero-order valence-electron chi connectivity index (χ0n) is 11.8. The van der Waals surface area contributed by atoms with Gasteiger partial charge in [0, 0.05) is 0 Å². The van der Waals surface area contributed by atoms with Gasteiger partial charge in [-0.1, -0.05) is 61.7 Å². The highest BCUT2D eigenvalue weighted by Gasteiger charge is 2.18. The number of allylic oxidation sites excluding steroid dienone is 1. The van der Waals surface area contributed by atoms with Gasteiger partial charge in [-0.15, -0.1) is 0 Å². The number of aliphatic hydroxyl groups excluding tert-OH is 1. The Labute approximate surface area is 117 Å². The van der Waals surface area contributed by atoms with Gasteiger partial charge in [-0.05, 0) is 43.6 Å². The second-order valence-corrected chi connectivity index (χ2v) is 5.69. The van der Waals surface area contributed by atoms with Crippen LogP contribution in [0.1, 0.15) is 50.5 Å². The van der Waals surface area contributed by atoms with Crippen LogP contribution in [0.4, 0.5) is 0 Å². The predicted octanol–water partition coefficient (Wildman–Crippen LogP) is 4.51. The van der Waals surface area contributed by atoms with Crippen molar-refractivity contribution in [1.29, 1.82) is 0 Å². The zero-order chi connectivity index (χ0) is 13.3. The first kappa shape index (κ1) is 14.3. The van der Waals surface area contributed by atoms with Gasteiger partial charge >= 0.3 is 0 Å². The highest BCUT2D eigenvalue weighted by Crippen LogP contribution is 2.26. The van der Waals surface area contributed by atoms with Gasteiger partial charge in [0.25, 0.3) is 0 Å². The molecule has 0 radical (unpaired) electrons. The van der Waals surface area contributed by atoms with Crippen LogP contribution in [0.5, 0.6) is 0 Å². The average Bonchev–Trinajstić information content (AvgIpc) is 2.49. The lowest BCUT2D eigenvalue weighted by molar-refractivity contribution is 0.125. The molecule has 2 rings (SSSR count). The normalized spacial score (nSPS) is 18.8. The van der Waals surface area contributed by atoms with Gasteiger partial charge in [0.2, 0.25) is 0 Å². The molecule has 1 fully saturated rings. The molecule has 1 N–H and O–H groups in total. The number of unbranched alkanes of at least 4 members (excludes halogenated alkanes) is 1. The van der Waals surface area contributed by atoms with E-state index in [1.807, 2.05) is 6.08 Å². The molecule has 0 spiro atoms. The minimum atomic E-state index is -0.211. The van der Waals surface area contributed by atoms with Gasteiger partial charge in [0.15, 0.2) is 0 Å². The molecule has 19 heavy (non-hydrogen) atoms. The molecule has 104 valence electrons. The molecule has 1 aliphatic carbocycles. The maximum Gasteiger partial charge on any atom is 0.0749 e. The number of aryl methyl sites for hydroxylation is 1. The minimum absolute atomic E-state index is 0.211. The van der Waals surface area contributed by atoms with E-state index in [0.717, 1.165) is 19.3 Å². The third kappa shape index (κ3) is 5.20. The van der Waals surface area contributed by atoms with E-state index < -0.39 is 0 Å². The second-order valence-electron chi connectivity index (χ2n) is 5.69. The van der Waals surface area contributed by atoms with Crippen molar-refractivity contribution in [2.75, 3.05) is 0 Å². The first-order chi connectivity index (χ1) is 9.36. The molecule has 0 aliphatic heterocycles. The van der Waals surface area contributed by atoms with E-state index >= 15 is 0 Å². The van der Waals surface area contributed by atoms with Gasteiger partial charge in [-0.25, -0.2) is 0 Å². The van der Waals surface area contributed by atoms with Crippen molar-refractivity contribution in [3.63, 3.8) is 0 Å². The second kappa shape index (κ2) is 8.16. The first-order valence-electron chi connectivity index (χ1n) is 7.75. The third-order valence-corrected chi connectivity index (χ3v) is 4.15. The Morgan fingerprint density at radius 1 is 1.11 bits per heavy atom. The fourth-order valence-corrected chi connectivity index (χ4v) is 2.94. The maximum atomic E-state index is 10.1. The topological polar surface area (TPSA) is 20.2 Å². The molecular weight excluding hydrogens is 232 g/mol. The van der Waals surface area contributed by atoms with E-state index in [-0.39, 0.29) is 6.10 Å². The van der Waals surface area contributed by atoms with Crippen LogP contribution < -0.4 is 0 Å². The molecule has 0 saturated heterocycles. The van der Waals surface area contributed by atoms with E-state index in [1.54, 1.807) is 0 Å². The molecule has 0 heterocycles. The number of benzene rings is 1. The van der Waals surface area contributed by atoms with Crippen molar-refractivity contribution in [3.8, 4) is 0 Å². The van der Waals surface area contributed by atoms with Gasteiger partial charge in [-0.2, -0.15) is 0 Å². The Balaban J connectivity index is 1.63. The molecule has 0 aromatic heterocycles. The first-order valence-corrected chi connectivity index (χ1v) is 7.75. The average molecular weight is 258 g/mol. The Morgan fingerprint density at radius 3 is 2.58 bits per heavy atom. The quantitative estimate of drug-likeness (QED) is 0.588. The van der Waals surface area contributed by atoms with Crippen LogP contribution in [-0.4, -0.2) is 11.2 Å². The SMILES string of the molecule is O[C@H](/C=C/CCCc1ccccc1)C1CCCCC1. The van der Waals surface area contributed by atoms with Crippen LogP contribution in [0.2, 0.25) is 0 Å². The molecule has 0 bridgehead atoms. The van der Waals surface area contributed by atoms with E-state index in [9.17, 15) is 5.11 Å². The molecule has 1 aliphatic rings. The van der Waals surface area contributed by atoms with E-state index in [0.29, 0.717) is 5.92 Å². The van der Waals surface area contributed by atoms with Gasteiger partial charge < -0.3 is 5.11 Å². The van der Waals surface area contributed by atoms with Crippen molar-refractivity contribution in [2.45, 2.75) is 57.5 Å². The van der Waals surface area contributed by atoms with Crippen LogP contribution >= 0.6 is 0 Å². The Kier molecular flexibility index (Phi) is 6.16. The summed E-state index contributed by atoms with van der Waals surface area (Å²) in [5, 5.41) is 10.1. The van der Waals surface area contributed by atoms with E-state index in [1.165, 1.54) is 37.7 Å². The van der Waals surface area contributed by atoms with E-state index in [4.69, 9.17) is 0 Å². The van der Waals surface area contributed by atoms with Crippen molar-refractivity contribution in [1.82, 2.24) is 0 Å². The standard InChI is InChI=1S/C18H26O/c19-18(17-13-7-3-8-14-17)15-9-2-6-12-16-10-4-1-5-11-16/h1,4-5,9-11,15,17-19H,2-3,6-8,12-14H2/b15-9+/t18-/m1/s1. The lowest BCUT2D eigenvalue weighted by Gasteiger charge is -2.24. The Morgan fingerprint density at radius 2 is 1.84 bits per heavy atom. The van der Waals surface area contributed by atoms with Crippen LogP contribution in [0.15, 0.2) is 42.5 Å². The highest BCUT2D eigenvalue weighted by molar-refractivity contribution is 5.14. The minimum Gasteiger partial charge on any atom is -0.389 e. The summed E-state index contributed by atoms with van der Waals surface area (Å²) in [4.78, 5) is 0. The summed E-state index contributed by atoms with van der Waals surface area (Å²) in [5.41, 5.74) is 1.41. The summed E-state index contributed by atoms with van der Waals surface area (Å²) in [6, 6.07) is 10.6. The van der Waals surface area contributed by atoms with Crippen molar-refractivity contribution >= 4 is 0 Å². The monoisotopic (exact) mass is 258 g/mol. The van der Waals surface area contributed by atoms with Crippen LogP contribution in [0.3, 0.4) is 0 Å². The summed E-state index contributed by atoms with van der Waals surface area (Å²) in [6.45, 7) is 0. The molecule has 0 amide bonds. The number of hydrogen-bond acceptors (Lipinski definition) is 1. The van der Waals surface area contributed by atoms with E-state index in [2.05, 4.69) is 36.4 Å². The molecule has 0 unspecified atom stereocenters. The fourth-order valence-electron chi connectivity index (χ4n) is 2.94. The highest BCUT2D eigenvalue weighted by atomic mass is 16.3. The molecule has 1 heteroatoms. The molecule has 1 aromatic carbocycles. The Bertz CT molecular complexity index is 363. The molecule has 1 aromatic rings. The van der Waals surface area contributed by atoms with Crippen molar-refractivity contribution < 1.29 is 5.11 Å². The maximum absolute atomic E-state index is 10.1. The van der Waals surface area contributed by atoms with Crippen LogP contribution in [-0.2, 0) is 6.42 Å². The van der Waals surface area contributed by atoms with Gasteiger partial charge in [-0.3, -0.25) is 0 Å². The summed E-state index contributed by atoms with van der Waals surface area (Å²) < 4.78 is 0. The Hall–Kier alpha value is -1.08. The van der Waals surface area contributed by atoms with Gasteiger partial charge in [0.1, 0.15) is 0 Å². The molecule has 1 atom stereocenters. The fraction of sp³-hybridized carbons (Fsp3) is 0.556. The van der Waals surface area contributed by atoms with Crippen molar-refractivity contribution in [2.24, 2.45) is 5.92 Å². The summed E-state index contributed by atoms with van der Waals surface area (Å²) in [6.07, 6.45) is 13.7. The van der Waals surface area contributed by atoms with Crippen LogP contribution in [0.25, 0.3) is 0 Å². The van der Waals surface area contributed by atoms with Gasteiger partial charge in [0.05, 0.1) is 6.10 Å². The lowest BCUT2D eigenvalue weighted by Crippen LogP contribution is -2.20. The number of rotatable bonds is 6. The lowest BCUT2D eigenvalue weighted by atomic mass is 9.85. The number of aliphatic hydroxyl groups is 1. The summed E-state index contributed by atoms with van der Waals surface area (Å²) in [5.74, 6) is 0.513. The summed E-state index contributed by atoms with van der Waals surface area (Å²) in [7, 11) is 0. The molecular formula is C18H26O. The van der Waals surface area contributed by atoms with Crippen LogP contribution in [0, 0.1) is 5.92 Å². The molecule has 1 nitrogen and oxygen atoms in total. The zero-order valence-corrected chi connectivity index (χ0v) is 11.8. The van der Waals surface area contributed by atoms with Crippen molar-refractivity contribution in [3.05, 3.63) is 48.0 Å². The third-order valence-electron chi connectivity index (χ3n) is 4.15. The predicted molar refractivity (Wildman–Crippen MR) is 81.1 cm³/mol.